The van der Waals surface area contributed by atoms with Crippen LogP contribution >= 0.6 is 0 Å². The molecule has 2 aromatic rings. The lowest BCUT2D eigenvalue weighted by molar-refractivity contribution is 0.0454. The van der Waals surface area contributed by atoms with E-state index in [4.69, 9.17) is 0 Å². The number of benzene rings is 1. The fourth-order valence-corrected chi connectivity index (χ4v) is 4.47. The van der Waals surface area contributed by atoms with Crippen molar-refractivity contribution in [3.63, 3.8) is 0 Å². The molecule has 0 unspecified atom stereocenters. The van der Waals surface area contributed by atoms with Crippen LogP contribution in [0.4, 0.5) is 0 Å². The molecule has 1 aromatic carbocycles. The number of piperazine rings is 1. The first kappa shape index (κ1) is 17.6. The van der Waals surface area contributed by atoms with Gasteiger partial charge in [-0.15, -0.1) is 0 Å². The average molecular weight is 351 g/mol. The van der Waals surface area contributed by atoms with Crippen LogP contribution in [0.2, 0.25) is 0 Å². The second-order valence-corrected chi connectivity index (χ2v) is 7.82. The summed E-state index contributed by atoms with van der Waals surface area (Å²) in [5.74, 6) is 0.970. The van der Waals surface area contributed by atoms with Gasteiger partial charge in [-0.05, 0) is 37.8 Å². The third kappa shape index (κ3) is 4.13. The Bertz CT molecular complexity index is 685. The highest BCUT2D eigenvalue weighted by Crippen LogP contribution is 2.27. The van der Waals surface area contributed by atoms with Crippen molar-refractivity contribution in [2.24, 2.45) is 0 Å². The average Bonchev–Trinajstić information content (AvgIpc) is 3.12. The van der Waals surface area contributed by atoms with E-state index in [1.54, 1.807) is 0 Å². The van der Waals surface area contributed by atoms with E-state index in [1.807, 2.05) is 12.4 Å². The van der Waals surface area contributed by atoms with Gasteiger partial charge in [0.05, 0.1) is 0 Å². The number of hydrogen-bond acceptors (Lipinski definition) is 4. The first-order valence-corrected chi connectivity index (χ1v) is 10.1. The van der Waals surface area contributed by atoms with Crippen molar-refractivity contribution in [3.05, 3.63) is 59.7 Å². The van der Waals surface area contributed by atoms with E-state index in [2.05, 4.69) is 57.0 Å². The normalized spacial score (nSPS) is 23.9. The number of hydrogen-bond donors (Lipinski definition) is 0. The Morgan fingerprint density at radius 3 is 2.62 bits per heavy atom. The maximum absolute atomic E-state index is 4.56. The van der Waals surface area contributed by atoms with Crippen LogP contribution in [0, 0.1) is 0 Å². The largest absolute Gasteiger partial charge is 0.298 e. The minimum Gasteiger partial charge on any atom is -0.298 e. The van der Waals surface area contributed by atoms with Crippen molar-refractivity contribution >= 4 is 0 Å². The Balaban J connectivity index is 1.48. The summed E-state index contributed by atoms with van der Waals surface area (Å²) >= 11 is 0. The van der Waals surface area contributed by atoms with E-state index in [-0.39, 0.29) is 0 Å². The molecule has 2 aliphatic rings. The van der Waals surface area contributed by atoms with Gasteiger partial charge in [-0.1, -0.05) is 37.3 Å². The molecule has 2 aliphatic heterocycles. The van der Waals surface area contributed by atoms with Gasteiger partial charge < -0.3 is 0 Å². The van der Waals surface area contributed by atoms with Gasteiger partial charge in [0.25, 0.3) is 0 Å². The van der Waals surface area contributed by atoms with E-state index >= 15 is 0 Å². The molecule has 2 fully saturated rings. The number of aromatic nitrogens is 2. The molecule has 0 N–H and O–H groups in total. The van der Waals surface area contributed by atoms with Gasteiger partial charge in [-0.25, -0.2) is 9.97 Å². The van der Waals surface area contributed by atoms with E-state index in [0.29, 0.717) is 6.04 Å². The van der Waals surface area contributed by atoms with Gasteiger partial charge in [-0.2, -0.15) is 0 Å². The zero-order valence-corrected chi connectivity index (χ0v) is 15.8. The molecule has 4 rings (SSSR count). The van der Waals surface area contributed by atoms with E-state index in [1.165, 1.54) is 43.6 Å². The van der Waals surface area contributed by atoms with Gasteiger partial charge in [-0.3, -0.25) is 9.80 Å². The Labute approximate surface area is 157 Å². The summed E-state index contributed by atoms with van der Waals surface area (Å²) < 4.78 is 0. The third-order valence-corrected chi connectivity index (χ3v) is 5.84. The molecule has 0 amide bonds. The number of aryl methyl sites for hydroxylation is 1. The lowest BCUT2D eigenvalue weighted by atomic mass is 9.99. The maximum atomic E-state index is 4.56. The molecule has 3 heterocycles. The predicted octanol–water partition coefficient (Wildman–Crippen LogP) is 3.32. The monoisotopic (exact) mass is 350 g/mol. The first-order valence-electron chi connectivity index (χ1n) is 10.1. The molecule has 0 spiro atoms. The molecule has 1 aromatic heterocycles. The minimum atomic E-state index is 0.571. The van der Waals surface area contributed by atoms with Crippen molar-refractivity contribution < 1.29 is 0 Å². The Kier molecular flexibility index (Phi) is 5.61. The topological polar surface area (TPSA) is 32.3 Å². The molecular formula is C22H30N4. The summed E-state index contributed by atoms with van der Waals surface area (Å²) in [5, 5.41) is 0. The molecule has 0 radical (unpaired) electrons. The molecule has 2 saturated heterocycles. The quantitative estimate of drug-likeness (QED) is 0.800. The van der Waals surface area contributed by atoms with Crippen molar-refractivity contribution in [3.8, 4) is 0 Å². The van der Waals surface area contributed by atoms with Crippen molar-refractivity contribution in [2.75, 3.05) is 19.6 Å². The predicted molar refractivity (Wildman–Crippen MR) is 105 cm³/mol. The summed E-state index contributed by atoms with van der Waals surface area (Å²) in [4.78, 5) is 14.5. The summed E-state index contributed by atoms with van der Waals surface area (Å²) in [7, 11) is 0. The lowest BCUT2D eigenvalue weighted by Gasteiger charge is -2.44. The lowest BCUT2D eigenvalue weighted by Crippen LogP contribution is -2.56. The molecule has 2 atom stereocenters. The van der Waals surface area contributed by atoms with E-state index < -0.39 is 0 Å². The Morgan fingerprint density at radius 2 is 1.85 bits per heavy atom. The van der Waals surface area contributed by atoms with Gasteiger partial charge in [0.2, 0.25) is 0 Å². The van der Waals surface area contributed by atoms with Crippen LogP contribution in [0.15, 0.2) is 42.7 Å². The van der Waals surface area contributed by atoms with Crippen LogP contribution in [0.3, 0.4) is 0 Å². The first-order chi connectivity index (χ1) is 12.8. The highest BCUT2D eigenvalue weighted by Gasteiger charge is 2.36. The molecule has 4 nitrogen and oxygen atoms in total. The SMILES string of the molecule is CCCc1ncc(CN2C[C@@H]3CCCN3C[C@H]2Cc2ccccc2)cn1. The zero-order chi connectivity index (χ0) is 17.8. The maximum Gasteiger partial charge on any atom is 0.128 e. The molecule has 0 bridgehead atoms. The molecule has 0 aliphatic carbocycles. The standard InChI is InChI=1S/C22H30N4/c1-2-7-22-23-13-19(14-24-22)15-26-16-20-10-6-11-25(20)17-21(26)12-18-8-4-3-5-9-18/h3-5,8-9,13-14,20-21H,2,6-7,10-12,15-17H2,1H3/t20-,21+/m0/s1. The van der Waals surface area contributed by atoms with Crippen molar-refractivity contribution in [1.82, 2.24) is 19.8 Å². The van der Waals surface area contributed by atoms with Gasteiger partial charge in [0.1, 0.15) is 5.82 Å². The Morgan fingerprint density at radius 1 is 1.04 bits per heavy atom. The van der Waals surface area contributed by atoms with Crippen LogP contribution in [0.5, 0.6) is 0 Å². The molecule has 4 heteroatoms. The second-order valence-electron chi connectivity index (χ2n) is 7.82. The van der Waals surface area contributed by atoms with E-state index in [9.17, 15) is 0 Å². The summed E-state index contributed by atoms with van der Waals surface area (Å²) in [6.45, 7) is 6.78. The fraction of sp³-hybridized carbons (Fsp3) is 0.545. The van der Waals surface area contributed by atoms with Crippen molar-refractivity contribution in [1.29, 1.82) is 0 Å². The van der Waals surface area contributed by atoms with E-state index in [0.717, 1.165) is 37.7 Å². The fourth-order valence-electron chi connectivity index (χ4n) is 4.47. The molecule has 138 valence electrons. The van der Waals surface area contributed by atoms with Gasteiger partial charge in [0.15, 0.2) is 0 Å². The van der Waals surface area contributed by atoms with Crippen LogP contribution in [-0.4, -0.2) is 51.5 Å². The number of rotatable bonds is 6. The second kappa shape index (κ2) is 8.28. The molecular weight excluding hydrogens is 320 g/mol. The number of nitrogens with zero attached hydrogens (tertiary/aromatic N) is 4. The van der Waals surface area contributed by atoms with Crippen molar-refractivity contribution in [2.45, 2.75) is 57.7 Å². The molecule has 0 saturated carbocycles. The highest BCUT2D eigenvalue weighted by molar-refractivity contribution is 5.17. The van der Waals surface area contributed by atoms with Crippen LogP contribution in [0.25, 0.3) is 0 Å². The van der Waals surface area contributed by atoms with Crippen LogP contribution in [0.1, 0.15) is 43.1 Å². The number of fused-ring (bicyclic) bond motifs is 1. The third-order valence-electron chi connectivity index (χ3n) is 5.84. The van der Waals surface area contributed by atoms with Crippen LogP contribution in [-0.2, 0) is 19.4 Å². The smallest absolute Gasteiger partial charge is 0.128 e. The summed E-state index contributed by atoms with van der Waals surface area (Å²) in [5.41, 5.74) is 2.68. The molecule has 26 heavy (non-hydrogen) atoms. The Hall–Kier alpha value is -1.78. The van der Waals surface area contributed by atoms with Gasteiger partial charge in [0, 0.05) is 56.1 Å². The zero-order valence-electron chi connectivity index (χ0n) is 15.8. The minimum absolute atomic E-state index is 0.571. The summed E-state index contributed by atoms with van der Waals surface area (Å²) in [6.07, 6.45) is 9.97. The van der Waals surface area contributed by atoms with Gasteiger partial charge >= 0.3 is 0 Å². The highest BCUT2D eigenvalue weighted by atomic mass is 15.3. The summed E-state index contributed by atoms with van der Waals surface area (Å²) in [6, 6.07) is 12.2. The van der Waals surface area contributed by atoms with Crippen LogP contribution < -0.4 is 0 Å².